The number of nitrogen functional groups attached to an aromatic ring is 1. The Morgan fingerprint density at radius 2 is 2.00 bits per heavy atom. The molecule has 196 valence electrons. The highest BCUT2D eigenvalue weighted by Crippen LogP contribution is 2.38. The predicted octanol–water partition coefficient (Wildman–Crippen LogP) is 2.62. The molecule has 1 fully saturated rings. The Labute approximate surface area is 208 Å². The monoisotopic (exact) mass is 520 g/mol. The first-order valence-corrected chi connectivity index (χ1v) is 11.2. The van der Waals surface area contributed by atoms with Crippen molar-refractivity contribution >= 4 is 17.6 Å². The molecule has 1 unspecified atom stereocenters. The number of anilines is 1. The van der Waals surface area contributed by atoms with Crippen LogP contribution in [0.2, 0.25) is 0 Å². The number of nitrogens with one attached hydrogen (secondary N) is 2. The summed E-state index contributed by atoms with van der Waals surface area (Å²) < 4.78 is 63.5. The van der Waals surface area contributed by atoms with Gasteiger partial charge in [0.1, 0.15) is 40.5 Å². The minimum absolute atomic E-state index is 0.0588. The van der Waals surface area contributed by atoms with Crippen LogP contribution in [0.4, 0.5) is 23.4 Å². The van der Waals surface area contributed by atoms with Gasteiger partial charge in [0.15, 0.2) is 0 Å². The van der Waals surface area contributed by atoms with E-state index >= 15 is 0 Å². The molecular formula is C24H24F4N6O3. The topological polar surface area (TPSA) is 137 Å². The molecule has 0 bridgehead atoms. The third kappa shape index (κ3) is 5.07. The molecule has 1 aliphatic heterocycles. The molecule has 37 heavy (non-hydrogen) atoms. The van der Waals surface area contributed by atoms with E-state index in [0.29, 0.717) is 0 Å². The number of hydrogen-bond donors (Lipinski definition) is 4. The quantitative estimate of drug-likeness (QED) is 0.354. The Kier molecular flexibility index (Phi) is 7.07. The zero-order valence-electron chi connectivity index (χ0n) is 19.7. The summed E-state index contributed by atoms with van der Waals surface area (Å²) >= 11 is 0. The van der Waals surface area contributed by atoms with Gasteiger partial charge in [0.05, 0.1) is 12.7 Å². The molecule has 2 aromatic carbocycles. The molecule has 0 radical (unpaired) electrons. The van der Waals surface area contributed by atoms with Gasteiger partial charge in [-0.2, -0.15) is 5.10 Å². The maximum Gasteiger partial charge on any atom is 0.272 e. The molecule has 2 amide bonds. The second kappa shape index (κ2) is 10.1. The van der Waals surface area contributed by atoms with Crippen LogP contribution >= 0.6 is 0 Å². The third-order valence-corrected chi connectivity index (χ3v) is 6.12. The number of methoxy groups -OCH3 is 1. The van der Waals surface area contributed by atoms with Crippen LogP contribution in [-0.2, 0) is 6.54 Å². The molecule has 3 aromatic rings. The molecule has 4 rings (SSSR count). The van der Waals surface area contributed by atoms with Gasteiger partial charge in [-0.25, -0.2) is 22.2 Å². The van der Waals surface area contributed by atoms with Crippen LogP contribution in [0.15, 0.2) is 36.4 Å². The van der Waals surface area contributed by atoms with Gasteiger partial charge >= 0.3 is 0 Å². The van der Waals surface area contributed by atoms with Gasteiger partial charge in [0.25, 0.3) is 17.7 Å². The standard InChI is InChI=1S/C24H24F4N6O3/c1-37-17-5-4-14(25)9-15(17)23(36)32-10-13-3-2-12(8-16(13)26)20-19(22(30)35)21(29)34(33-20)18-11-31-7-6-24(18,27)28/h2-5,8-9,18,31H,6-7,10-11,29H2,1H3,(H2,30,35)(H,32,36). The van der Waals surface area contributed by atoms with Crippen molar-refractivity contribution in [2.75, 3.05) is 25.9 Å². The van der Waals surface area contributed by atoms with Crippen LogP contribution in [-0.4, -0.2) is 47.7 Å². The van der Waals surface area contributed by atoms with Crippen LogP contribution < -0.4 is 26.8 Å². The lowest BCUT2D eigenvalue weighted by molar-refractivity contribution is -0.0738. The number of alkyl halides is 2. The Morgan fingerprint density at radius 1 is 1.24 bits per heavy atom. The second-order valence-electron chi connectivity index (χ2n) is 8.48. The molecular weight excluding hydrogens is 496 g/mol. The Bertz CT molecular complexity index is 1360. The van der Waals surface area contributed by atoms with Crippen molar-refractivity contribution in [1.82, 2.24) is 20.4 Å². The number of nitrogens with zero attached hydrogens (tertiary/aromatic N) is 2. The molecule has 0 saturated carbocycles. The van der Waals surface area contributed by atoms with Crippen molar-refractivity contribution in [2.24, 2.45) is 5.73 Å². The number of carbonyl (C=O) groups is 2. The number of ether oxygens (including phenoxy) is 1. The second-order valence-corrected chi connectivity index (χ2v) is 8.48. The highest BCUT2D eigenvalue weighted by atomic mass is 19.3. The van der Waals surface area contributed by atoms with E-state index in [4.69, 9.17) is 16.2 Å². The van der Waals surface area contributed by atoms with E-state index in [2.05, 4.69) is 15.7 Å². The summed E-state index contributed by atoms with van der Waals surface area (Å²) in [4.78, 5) is 24.6. The molecule has 1 atom stereocenters. The van der Waals surface area contributed by atoms with Crippen LogP contribution in [0.3, 0.4) is 0 Å². The summed E-state index contributed by atoms with van der Waals surface area (Å²) in [5.41, 5.74) is 11.1. The number of hydrogen-bond acceptors (Lipinski definition) is 6. The Morgan fingerprint density at radius 3 is 2.65 bits per heavy atom. The number of nitrogens with two attached hydrogens (primary N) is 2. The van der Waals surface area contributed by atoms with E-state index in [1.165, 1.54) is 25.3 Å². The van der Waals surface area contributed by atoms with Gasteiger partial charge in [-0.15, -0.1) is 0 Å². The lowest BCUT2D eigenvalue weighted by atomic mass is 10.0. The summed E-state index contributed by atoms with van der Waals surface area (Å²) in [6, 6.07) is 5.69. The predicted molar refractivity (Wildman–Crippen MR) is 126 cm³/mol. The first-order valence-electron chi connectivity index (χ1n) is 11.2. The van der Waals surface area contributed by atoms with Gasteiger partial charge in [-0.3, -0.25) is 9.59 Å². The first-order chi connectivity index (χ1) is 17.5. The number of benzene rings is 2. The fraction of sp³-hybridized carbons (Fsp3) is 0.292. The minimum Gasteiger partial charge on any atom is -0.496 e. The van der Waals surface area contributed by atoms with Crippen molar-refractivity contribution < 1.29 is 31.9 Å². The number of carbonyl (C=O) groups excluding carboxylic acids is 2. The van der Waals surface area contributed by atoms with Crippen molar-refractivity contribution in [1.29, 1.82) is 0 Å². The molecule has 0 spiro atoms. The summed E-state index contributed by atoms with van der Waals surface area (Å²) in [7, 11) is 1.32. The summed E-state index contributed by atoms with van der Waals surface area (Å²) in [5, 5.41) is 9.44. The minimum atomic E-state index is -3.14. The average Bonchev–Trinajstić information content (AvgIpc) is 3.19. The Balaban J connectivity index is 1.61. The number of aromatic nitrogens is 2. The van der Waals surface area contributed by atoms with Crippen LogP contribution in [0.5, 0.6) is 5.75 Å². The van der Waals surface area contributed by atoms with Crippen molar-refractivity contribution in [2.45, 2.75) is 24.9 Å². The third-order valence-electron chi connectivity index (χ3n) is 6.12. The molecule has 13 heteroatoms. The number of halogens is 4. The van der Waals surface area contributed by atoms with E-state index in [0.717, 1.165) is 22.9 Å². The SMILES string of the molecule is COc1ccc(F)cc1C(=O)NCc1ccc(-c2nn(C3CNCCC3(F)F)c(N)c2C(N)=O)cc1F. The van der Waals surface area contributed by atoms with Crippen LogP contribution in [0.25, 0.3) is 11.3 Å². The van der Waals surface area contributed by atoms with E-state index in [-0.39, 0.29) is 59.1 Å². The van der Waals surface area contributed by atoms with E-state index in [1.54, 1.807) is 0 Å². The molecule has 9 nitrogen and oxygen atoms in total. The van der Waals surface area contributed by atoms with Gasteiger partial charge in [0.2, 0.25) is 0 Å². The summed E-state index contributed by atoms with van der Waals surface area (Å²) in [6.45, 7) is -0.293. The molecule has 1 aromatic heterocycles. The maximum atomic E-state index is 15.0. The number of piperidine rings is 1. The molecule has 0 aliphatic carbocycles. The number of rotatable bonds is 7. The molecule has 2 heterocycles. The highest BCUT2D eigenvalue weighted by Gasteiger charge is 2.45. The smallest absolute Gasteiger partial charge is 0.272 e. The van der Waals surface area contributed by atoms with E-state index in [9.17, 15) is 27.2 Å². The molecule has 1 aliphatic rings. The molecule has 6 N–H and O–H groups in total. The average molecular weight is 520 g/mol. The van der Waals surface area contributed by atoms with Gasteiger partial charge in [-0.05, 0) is 24.3 Å². The van der Waals surface area contributed by atoms with Crippen LogP contribution in [0, 0.1) is 11.6 Å². The van der Waals surface area contributed by atoms with Crippen molar-refractivity contribution in [3.8, 4) is 17.0 Å². The van der Waals surface area contributed by atoms with Crippen LogP contribution in [0.1, 0.15) is 38.7 Å². The zero-order chi connectivity index (χ0) is 26.9. The van der Waals surface area contributed by atoms with Gasteiger partial charge in [-0.1, -0.05) is 12.1 Å². The maximum absolute atomic E-state index is 15.0. The van der Waals surface area contributed by atoms with E-state index in [1.807, 2.05) is 0 Å². The fourth-order valence-corrected chi connectivity index (χ4v) is 4.17. The van der Waals surface area contributed by atoms with E-state index < -0.39 is 41.8 Å². The fourth-order valence-electron chi connectivity index (χ4n) is 4.17. The lowest BCUT2D eigenvalue weighted by Crippen LogP contribution is -2.46. The number of primary amides is 1. The molecule has 1 saturated heterocycles. The number of amides is 2. The highest BCUT2D eigenvalue weighted by molar-refractivity contribution is 6.03. The Hall–Kier alpha value is -4.13. The van der Waals surface area contributed by atoms with Gasteiger partial charge in [0, 0.05) is 37.2 Å². The largest absolute Gasteiger partial charge is 0.496 e. The van der Waals surface area contributed by atoms with Crippen molar-refractivity contribution in [3.05, 3.63) is 64.7 Å². The summed E-state index contributed by atoms with van der Waals surface area (Å²) in [6.07, 6.45) is -0.450. The lowest BCUT2D eigenvalue weighted by Gasteiger charge is -2.32. The van der Waals surface area contributed by atoms with Gasteiger partial charge < -0.3 is 26.8 Å². The van der Waals surface area contributed by atoms with Crippen molar-refractivity contribution in [3.63, 3.8) is 0 Å². The first kappa shape index (κ1) is 25.9. The normalized spacial score (nSPS) is 16.8. The summed E-state index contributed by atoms with van der Waals surface area (Å²) in [5.74, 6) is -6.48. The zero-order valence-corrected chi connectivity index (χ0v) is 19.7.